The van der Waals surface area contributed by atoms with Gasteiger partial charge in [-0.05, 0) is 52.6 Å². The lowest BCUT2D eigenvalue weighted by Gasteiger charge is -2.49. The quantitative estimate of drug-likeness (QED) is 0.814. The van der Waals surface area contributed by atoms with Crippen molar-refractivity contribution in [2.24, 2.45) is 5.73 Å². The molecule has 18 heavy (non-hydrogen) atoms. The average Bonchev–Trinajstić information content (AvgIpc) is 2.75. The summed E-state index contributed by atoms with van der Waals surface area (Å²) in [5.41, 5.74) is 6.53. The van der Waals surface area contributed by atoms with Crippen LogP contribution in [0.5, 0.6) is 0 Å². The van der Waals surface area contributed by atoms with Crippen molar-refractivity contribution in [3.05, 3.63) is 0 Å². The van der Waals surface area contributed by atoms with E-state index in [2.05, 4.69) is 30.6 Å². The monoisotopic (exact) mass is 253 g/mol. The third-order valence-electron chi connectivity index (χ3n) is 5.08. The zero-order chi connectivity index (χ0) is 13.2. The molecule has 0 aromatic heterocycles. The zero-order valence-corrected chi connectivity index (χ0v) is 12.5. The number of piperidine rings is 1. The van der Waals surface area contributed by atoms with Crippen molar-refractivity contribution >= 4 is 0 Å². The molecule has 2 aliphatic rings. The molecule has 3 heteroatoms. The standard InChI is InChI=1S/C15H31N3/c1-4-9-18(13(2)3)15(12-16)8-11-17-10-6-5-7-14(15)17/h13-14H,4-12,16H2,1-3H3. The van der Waals surface area contributed by atoms with Crippen LogP contribution in [-0.4, -0.2) is 53.6 Å². The van der Waals surface area contributed by atoms with E-state index < -0.39 is 0 Å². The lowest BCUT2D eigenvalue weighted by Crippen LogP contribution is -2.63. The van der Waals surface area contributed by atoms with Gasteiger partial charge in [0.25, 0.3) is 0 Å². The lowest BCUT2D eigenvalue weighted by molar-refractivity contribution is 0.0158. The second kappa shape index (κ2) is 5.89. The highest BCUT2D eigenvalue weighted by molar-refractivity contribution is 5.09. The summed E-state index contributed by atoms with van der Waals surface area (Å²) >= 11 is 0. The highest BCUT2D eigenvalue weighted by Gasteiger charge is 2.50. The van der Waals surface area contributed by atoms with E-state index in [1.807, 2.05) is 0 Å². The van der Waals surface area contributed by atoms with Crippen molar-refractivity contribution in [1.82, 2.24) is 9.80 Å². The summed E-state index contributed by atoms with van der Waals surface area (Å²) < 4.78 is 0. The van der Waals surface area contributed by atoms with Crippen LogP contribution < -0.4 is 5.73 Å². The minimum Gasteiger partial charge on any atom is -0.329 e. The van der Waals surface area contributed by atoms with Gasteiger partial charge >= 0.3 is 0 Å². The number of fused-ring (bicyclic) bond motifs is 1. The Hall–Kier alpha value is -0.120. The molecule has 0 saturated carbocycles. The van der Waals surface area contributed by atoms with E-state index in [1.54, 1.807) is 0 Å². The topological polar surface area (TPSA) is 32.5 Å². The first kappa shape index (κ1) is 14.3. The van der Waals surface area contributed by atoms with Gasteiger partial charge in [0.1, 0.15) is 0 Å². The van der Waals surface area contributed by atoms with Crippen LogP contribution in [0.25, 0.3) is 0 Å². The molecule has 0 amide bonds. The molecule has 106 valence electrons. The third-order valence-corrected chi connectivity index (χ3v) is 5.08. The molecule has 0 aromatic rings. The molecule has 2 N–H and O–H groups in total. The van der Waals surface area contributed by atoms with Gasteiger partial charge in [0.2, 0.25) is 0 Å². The molecule has 2 fully saturated rings. The molecule has 2 unspecified atom stereocenters. The molecule has 2 rings (SSSR count). The van der Waals surface area contributed by atoms with E-state index >= 15 is 0 Å². The third kappa shape index (κ3) is 2.33. The van der Waals surface area contributed by atoms with Crippen LogP contribution in [0.1, 0.15) is 52.9 Å². The van der Waals surface area contributed by atoms with Gasteiger partial charge in [-0.25, -0.2) is 0 Å². The smallest absolute Gasteiger partial charge is 0.0501 e. The van der Waals surface area contributed by atoms with Crippen LogP contribution >= 0.6 is 0 Å². The fourth-order valence-corrected chi connectivity index (χ4v) is 4.30. The van der Waals surface area contributed by atoms with Gasteiger partial charge in [-0.1, -0.05) is 13.3 Å². The minimum absolute atomic E-state index is 0.255. The molecule has 0 bridgehead atoms. The molecule has 2 saturated heterocycles. The molecule has 0 aliphatic carbocycles. The normalized spacial score (nSPS) is 33.3. The van der Waals surface area contributed by atoms with Gasteiger partial charge in [-0.3, -0.25) is 9.80 Å². The Morgan fingerprint density at radius 2 is 2.11 bits per heavy atom. The largest absolute Gasteiger partial charge is 0.329 e. The molecular formula is C15H31N3. The van der Waals surface area contributed by atoms with Crippen molar-refractivity contribution in [3.8, 4) is 0 Å². The van der Waals surface area contributed by atoms with Crippen LogP contribution in [0.2, 0.25) is 0 Å². The van der Waals surface area contributed by atoms with E-state index in [9.17, 15) is 0 Å². The van der Waals surface area contributed by atoms with Crippen molar-refractivity contribution < 1.29 is 0 Å². The Morgan fingerprint density at radius 3 is 2.72 bits per heavy atom. The van der Waals surface area contributed by atoms with E-state index in [0.29, 0.717) is 12.1 Å². The molecule has 2 aliphatic heterocycles. The Kier molecular flexibility index (Phi) is 4.68. The maximum atomic E-state index is 6.28. The second-order valence-electron chi connectivity index (χ2n) is 6.39. The van der Waals surface area contributed by atoms with Gasteiger partial charge < -0.3 is 5.73 Å². The first-order valence-corrected chi connectivity index (χ1v) is 7.86. The number of nitrogens with two attached hydrogens (primary N) is 1. The van der Waals surface area contributed by atoms with Crippen molar-refractivity contribution in [2.45, 2.75) is 70.5 Å². The highest BCUT2D eigenvalue weighted by atomic mass is 15.3. The van der Waals surface area contributed by atoms with E-state index in [4.69, 9.17) is 5.73 Å². The Balaban J connectivity index is 2.22. The van der Waals surface area contributed by atoms with Gasteiger partial charge in [-0.2, -0.15) is 0 Å². The second-order valence-corrected chi connectivity index (χ2v) is 6.39. The van der Waals surface area contributed by atoms with Crippen molar-refractivity contribution in [1.29, 1.82) is 0 Å². The summed E-state index contributed by atoms with van der Waals surface area (Å²) in [4.78, 5) is 5.42. The van der Waals surface area contributed by atoms with Crippen LogP contribution in [0, 0.1) is 0 Å². The first-order valence-electron chi connectivity index (χ1n) is 7.86. The molecule has 0 aromatic carbocycles. The van der Waals surface area contributed by atoms with Gasteiger partial charge in [0.05, 0.1) is 5.54 Å². The van der Waals surface area contributed by atoms with Crippen LogP contribution in [-0.2, 0) is 0 Å². The molecule has 2 heterocycles. The number of nitrogens with zero attached hydrogens (tertiary/aromatic N) is 2. The number of hydrogen-bond acceptors (Lipinski definition) is 3. The molecule has 0 spiro atoms. The molecule has 2 atom stereocenters. The number of hydrogen-bond donors (Lipinski definition) is 1. The summed E-state index contributed by atoms with van der Waals surface area (Å²) in [6, 6.07) is 1.32. The average molecular weight is 253 g/mol. The molecule has 0 radical (unpaired) electrons. The summed E-state index contributed by atoms with van der Waals surface area (Å²) in [7, 11) is 0. The summed E-state index contributed by atoms with van der Waals surface area (Å²) in [5.74, 6) is 0. The maximum Gasteiger partial charge on any atom is 0.0501 e. The maximum absolute atomic E-state index is 6.28. The SMILES string of the molecule is CCCN(C(C)C)C1(CN)CCN2CCCCC21. The Morgan fingerprint density at radius 1 is 1.33 bits per heavy atom. The fraction of sp³-hybridized carbons (Fsp3) is 1.00. The summed E-state index contributed by atoms with van der Waals surface area (Å²) in [5, 5.41) is 0. The van der Waals surface area contributed by atoms with E-state index in [0.717, 1.165) is 6.54 Å². The van der Waals surface area contributed by atoms with Crippen molar-refractivity contribution in [2.75, 3.05) is 26.2 Å². The Bertz CT molecular complexity index is 266. The lowest BCUT2D eigenvalue weighted by atomic mass is 9.82. The predicted octanol–water partition coefficient (Wildman–Crippen LogP) is 2.06. The molecule has 3 nitrogen and oxygen atoms in total. The highest BCUT2D eigenvalue weighted by Crippen LogP contribution is 2.39. The summed E-state index contributed by atoms with van der Waals surface area (Å²) in [6.07, 6.45) is 6.62. The minimum atomic E-state index is 0.255. The number of rotatable bonds is 5. The predicted molar refractivity (Wildman–Crippen MR) is 77.7 cm³/mol. The first-order chi connectivity index (χ1) is 8.65. The molecular weight excluding hydrogens is 222 g/mol. The van der Waals surface area contributed by atoms with Gasteiger partial charge in [-0.15, -0.1) is 0 Å². The van der Waals surface area contributed by atoms with Gasteiger partial charge in [0.15, 0.2) is 0 Å². The Labute approximate surface area is 113 Å². The van der Waals surface area contributed by atoms with Crippen LogP contribution in [0.3, 0.4) is 0 Å². The van der Waals surface area contributed by atoms with Crippen molar-refractivity contribution in [3.63, 3.8) is 0 Å². The van der Waals surface area contributed by atoms with Crippen LogP contribution in [0.15, 0.2) is 0 Å². The fourth-order valence-electron chi connectivity index (χ4n) is 4.30. The summed E-state index contributed by atoms with van der Waals surface area (Å²) in [6.45, 7) is 11.5. The van der Waals surface area contributed by atoms with Gasteiger partial charge in [0, 0.05) is 25.2 Å². The van der Waals surface area contributed by atoms with E-state index in [-0.39, 0.29) is 5.54 Å². The van der Waals surface area contributed by atoms with Crippen LogP contribution in [0.4, 0.5) is 0 Å². The zero-order valence-electron chi connectivity index (χ0n) is 12.5. The van der Waals surface area contributed by atoms with E-state index in [1.165, 1.54) is 51.7 Å².